The minimum atomic E-state index is 0.918. The fourth-order valence-electron chi connectivity index (χ4n) is 1.19. The lowest BCUT2D eigenvalue weighted by atomic mass is 10.2. The Labute approximate surface area is 108 Å². The number of benzene rings is 1. The van der Waals surface area contributed by atoms with Gasteiger partial charge in [-0.1, -0.05) is 15.9 Å². The lowest BCUT2D eigenvalue weighted by molar-refractivity contribution is 1.43. The molecule has 2 aromatic rings. The van der Waals surface area contributed by atoms with E-state index in [-0.39, 0.29) is 0 Å². The van der Waals surface area contributed by atoms with Gasteiger partial charge in [-0.15, -0.1) is 24.0 Å². The van der Waals surface area contributed by atoms with Gasteiger partial charge in [-0.2, -0.15) is 0 Å². The number of hydrogen-bond donors (Lipinski definition) is 1. The Kier molecular flexibility index (Phi) is 3.22. The summed E-state index contributed by atoms with van der Waals surface area (Å²) in [5.74, 6) is 0. The van der Waals surface area contributed by atoms with Crippen molar-refractivity contribution in [3.63, 3.8) is 0 Å². The Morgan fingerprint density at radius 1 is 1.38 bits per heavy atom. The molecule has 0 aliphatic heterocycles. The first-order valence-electron chi connectivity index (χ1n) is 3.67. The molecule has 0 amide bonds. The molecule has 2 rings (SSSR count). The van der Waals surface area contributed by atoms with Crippen molar-refractivity contribution in [2.45, 2.75) is 9.54 Å². The summed E-state index contributed by atoms with van der Waals surface area (Å²) in [7, 11) is 0. The van der Waals surface area contributed by atoms with Crippen molar-refractivity contribution in [1.82, 2.24) is 0 Å². The van der Waals surface area contributed by atoms with E-state index < -0.39 is 0 Å². The predicted octanol–water partition coefficient (Wildman–Crippen LogP) is 4.69. The van der Waals surface area contributed by atoms with Crippen LogP contribution in [0, 0.1) is 3.57 Å². The minimum Gasteiger partial charge on any atom is -0.133 e. The molecule has 0 spiro atoms. The van der Waals surface area contributed by atoms with E-state index >= 15 is 0 Å². The van der Waals surface area contributed by atoms with E-state index in [0.717, 1.165) is 9.54 Å². The maximum absolute atomic E-state index is 4.34. The monoisotopic (exact) mass is 384 g/mol. The average molecular weight is 385 g/mol. The van der Waals surface area contributed by atoms with Crippen molar-refractivity contribution in [3.8, 4) is 0 Å². The van der Waals surface area contributed by atoms with Crippen molar-refractivity contribution < 1.29 is 0 Å². The molecule has 0 saturated heterocycles. The number of rotatable bonds is 1. The third kappa shape index (κ3) is 2.06. The Morgan fingerprint density at radius 3 is 2.85 bits per heavy atom. The number of fused-ring (bicyclic) bond motifs is 1. The lowest BCUT2D eigenvalue weighted by Crippen LogP contribution is -1.81. The first kappa shape index (κ1) is 10.3. The molecule has 0 aliphatic rings. The summed E-state index contributed by atoms with van der Waals surface area (Å²) in [5.41, 5.74) is 1.35. The van der Waals surface area contributed by atoms with Crippen molar-refractivity contribution in [2.24, 2.45) is 0 Å². The number of alkyl halides is 1. The highest BCUT2D eigenvalue weighted by atomic mass is 127. The topological polar surface area (TPSA) is 0 Å². The highest BCUT2D eigenvalue weighted by molar-refractivity contribution is 14.1. The fourth-order valence-corrected chi connectivity index (χ4v) is 4.14. The zero-order chi connectivity index (χ0) is 9.42. The molecule has 68 valence electrons. The van der Waals surface area contributed by atoms with Gasteiger partial charge in [0.2, 0.25) is 0 Å². The maximum Gasteiger partial charge on any atom is 0.0580 e. The average Bonchev–Trinajstić information content (AvgIpc) is 2.42. The number of halogens is 2. The van der Waals surface area contributed by atoms with Crippen LogP contribution in [0.15, 0.2) is 22.4 Å². The molecule has 4 heteroatoms. The molecule has 0 nitrogen and oxygen atoms in total. The van der Waals surface area contributed by atoms with Crippen molar-refractivity contribution in [3.05, 3.63) is 27.3 Å². The summed E-state index contributed by atoms with van der Waals surface area (Å²) >= 11 is 11.9. The van der Waals surface area contributed by atoms with Crippen LogP contribution in [0.3, 0.4) is 0 Å². The molecule has 0 aliphatic carbocycles. The second-order valence-electron chi connectivity index (χ2n) is 2.70. The molecule has 1 aromatic carbocycles. The van der Waals surface area contributed by atoms with Gasteiger partial charge in [0.15, 0.2) is 0 Å². The molecule has 0 bridgehead atoms. The zero-order valence-electron chi connectivity index (χ0n) is 6.55. The molecule has 0 fully saturated rings. The van der Waals surface area contributed by atoms with E-state index in [1.54, 1.807) is 11.3 Å². The van der Waals surface area contributed by atoms with E-state index in [2.05, 4.69) is 69.3 Å². The Morgan fingerprint density at radius 2 is 2.15 bits per heavy atom. The number of hydrogen-bond acceptors (Lipinski definition) is 2. The summed E-state index contributed by atoms with van der Waals surface area (Å²) in [6, 6.07) is 6.56. The van der Waals surface area contributed by atoms with Crippen molar-refractivity contribution in [2.75, 3.05) is 0 Å². The standard InChI is InChI=1S/C9H6BrIS2/c10-4-6-2-8-5(1-7(6)11)3-9(12)13-8/h1-3,12H,4H2. The van der Waals surface area contributed by atoms with Gasteiger partial charge in [0, 0.05) is 13.6 Å². The van der Waals surface area contributed by atoms with Gasteiger partial charge in [-0.05, 0) is 51.7 Å². The minimum absolute atomic E-state index is 0.918. The number of thiophene rings is 1. The third-order valence-corrected chi connectivity index (χ3v) is 4.73. The van der Waals surface area contributed by atoms with E-state index in [1.807, 2.05) is 0 Å². The molecular weight excluding hydrogens is 379 g/mol. The van der Waals surface area contributed by atoms with E-state index in [0.29, 0.717) is 0 Å². The quantitative estimate of drug-likeness (QED) is 0.411. The molecule has 1 aromatic heterocycles. The molecule has 0 N–H and O–H groups in total. The molecule has 0 atom stereocenters. The van der Waals surface area contributed by atoms with Gasteiger partial charge in [0.05, 0.1) is 4.21 Å². The first-order valence-corrected chi connectivity index (χ1v) is 7.14. The lowest BCUT2D eigenvalue weighted by Gasteiger charge is -1.99. The first-order chi connectivity index (χ1) is 6.20. The van der Waals surface area contributed by atoms with E-state index in [9.17, 15) is 0 Å². The summed E-state index contributed by atoms with van der Waals surface area (Å²) in [6.45, 7) is 0. The van der Waals surface area contributed by atoms with Crippen LogP contribution in [-0.4, -0.2) is 0 Å². The largest absolute Gasteiger partial charge is 0.133 e. The highest BCUT2D eigenvalue weighted by Gasteiger charge is 2.04. The Bertz CT molecular complexity index is 450. The maximum atomic E-state index is 4.34. The van der Waals surface area contributed by atoms with Crippen LogP contribution in [-0.2, 0) is 5.33 Å². The molecule has 0 unspecified atom stereocenters. The van der Waals surface area contributed by atoms with Crippen molar-refractivity contribution in [1.29, 1.82) is 0 Å². The van der Waals surface area contributed by atoms with Crippen LogP contribution in [0.4, 0.5) is 0 Å². The molecule has 13 heavy (non-hydrogen) atoms. The predicted molar refractivity (Wildman–Crippen MR) is 74.4 cm³/mol. The molecule has 1 heterocycles. The van der Waals surface area contributed by atoms with Gasteiger partial charge in [0.1, 0.15) is 0 Å². The summed E-state index contributed by atoms with van der Waals surface area (Å²) in [4.78, 5) is 0. The normalized spacial score (nSPS) is 11.0. The summed E-state index contributed by atoms with van der Waals surface area (Å²) in [5, 5.41) is 2.21. The zero-order valence-corrected chi connectivity index (χ0v) is 12.0. The summed E-state index contributed by atoms with van der Waals surface area (Å²) in [6.07, 6.45) is 0. The van der Waals surface area contributed by atoms with Crippen LogP contribution in [0.5, 0.6) is 0 Å². The van der Waals surface area contributed by atoms with Crippen LogP contribution >= 0.6 is 62.5 Å². The highest BCUT2D eigenvalue weighted by Crippen LogP contribution is 2.31. The number of thiol groups is 1. The smallest absolute Gasteiger partial charge is 0.0580 e. The van der Waals surface area contributed by atoms with E-state index in [1.165, 1.54) is 19.2 Å². The summed E-state index contributed by atoms with van der Waals surface area (Å²) < 4.78 is 3.71. The second-order valence-corrected chi connectivity index (χ2v) is 6.29. The Hall–Kier alpha value is 0.740. The molecule has 0 saturated carbocycles. The van der Waals surface area contributed by atoms with Crippen LogP contribution in [0.2, 0.25) is 0 Å². The van der Waals surface area contributed by atoms with Gasteiger partial charge >= 0.3 is 0 Å². The van der Waals surface area contributed by atoms with Crippen LogP contribution in [0.25, 0.3) is 10.1 Å². The van der Waals surface area contributed by atoms with E-state index in [4.69, 9.17) is 0 Å². The van der Waals surface area contributed by atoms with Crippen molar-refractivity contribution >= 4 is 72.6 Å². The Balaban J connectivity index is 2.72. The van der Waals surface area contributed by atoms with Gasteiger partial charge in [0.25, 0.3) is 0 Å². The molecule has 0 radical (unpaired) electrons. The van der Waals surface area contributed by atoms with Crippen LogP contribution < -0.4 is 0 Å². The fraction of sp³-hybridized carbons (Fsp3) is 0.111. The van der Waals surface area contributed by atoms with Crippen LogP contribution in [0.1, 0.15) is 5.56 Å². The third-order valence-electron chi connectivity index (χ3n) is 1.82. The second kappa shape index (κ2) is 4.08. The SMILES string of the molecule is Sc1cc2cc(I)c(CBr)cc2s1. The molecular formula is C9H6BrIS2. The van der Waals surface area contributed by atoms with Gasteiger partial charge < -0.3 is 0 Å². The van der Waals surface area contributed by atoms with Gasteiger partial charge in [-0.25, -0.2) is 0 Å². The van der Waals surface area contributed by atoms with Gasteiger partial charge in [-0.3, -0.25) is 0 Å².